The van der Waals surface area contributed by atoms with E-state index >= 15 is 0 Å². The van der Waals surface area contributed by atoms with Gasteiger partial charge < -0.3 is 5.32 Å². The summed E-state index contributed by atoms with van der Waals surface area (Å²) in [6.45, 7) is 3.97. The summed E-state index contributed by atoms with van der Waals surface area (Å²) in [6.07, 6.45) is 1.57. The molecule has 166 valence electrons. The van der Waals surface area contributed by atoms with Crippen LogP contribution in [0.15, 0.2) is 54.6 Å². The van der Waals surface area contributed by atoms with Crippen molar-refractivity contribution >= 4 is 39.9 Å². The summed E-state index contributed by atoms with van der Waals surface area (Å²) in [6, 6.07) is 16.7. The standard InChI is InChI=1S/C24H25ClN4O2S/c1-3-14(2)20(26-21(30)19-13-18(19)15-8-5-4-6-9-15)22(31)27-24-29-28-23(32-24)16-10-7-11-17(25)12-16/h4-12,14,18-20H,3,13H2,1-2H3,(H,26,30)(H,27,29,31)/t14?,18-,19?,20?/m0/s1. The van der Waals surface area contributed by atoms with Gasteiger partial charge in [0, 0.05) is 16.5 Å². The second kappa shape index (κ2) is 9.79. The van der Waals surface area contributed by atoms with Gasteiger partial charge in [0.15, 0.2) is 0 Å². The van der Waals surface area contributed by atoms with Crippen molar-refractivity contribution in [1.82, 2.24) is 15.5 Å². The van der Waals surface area contributed by atoms with E-state index in [0.29, 0.717) is 15.2 Å². The molecule has 1 aliphatic carbocycles. The maximum absolute atomic E-state index is 13.0. The summed E-state index contributed by atoms with van der Waals surface area (Å²) in [4.78, 5) is 25.9. The van der Waals surface area contributed by atoms with Gasteiger partial charge in [-0.15, -0.1) is 10.2 Å². The van der Waals surface area contributed by atoms with Gasteiger partial charge in [-0.3, -0.25) is 14.9 Å². The third-order valence-corrected chi connectivity index (χ3v) is 7.00. The zero-order chi connectivity index (χ0) is 22.7. The molecule has 1 heterocycles. The molecule has 4 atom stereocenters. The predicted octanol–water partition coefficient (Wildman–Crippen LogP) is 5.13. The fourth-order valence-corrected chi connectivity index (χ4v) is 4.64. The number of nitrogens with one attached hydrogen (secondary N) is 2. The molecule has 8 heteroatoms. The summed E-state index contributed by atoms with van der Waals surface area (Å²) in [5.41, 5.74) is 2.00. The highest BCUT2D eigenvalue weighted by Gasteiger charge is 2.45. The second-order valence-corrected chi connectivity index (χ2v) is 9.56. The van der Waals surface area contributed by atoms with Crippen LogP contribution in [0, 0.1) is 11.8 Å². The molecule has 4 rings (SSSR count). The third kappa shape index (κ3) is 5.16. The first-order valence-electron chi connectivity index (χ1n) is 10.7. The number of carbonyl (C=O) groups excluding carboxylic acids is 2. The van der Waals surface area contributed by atoms with Crippen LogP contribution in [0.1, 0.15) is 38.2 Å². The fourth-order valence-electron chi connectivity index (χ4n) is 3.71. The largest absolute Gasteiger partial charge is 0.344 e. The number of rotatable bonds is 8. The average molecular weight is 469 g/mol. The van der Waals surface area contributed by atoms with Gasteiger partial charge in [0.2, 0.25) is 16.9 Å². The van der Waals surface area contributed by atoms with E-state index < -0.39 is 6.04 Å². The molecular formula is C24H25ClN4O2S. The van der Waals surface area contributed by atoms with Crippen LogP contribution in [0.5, 0.6) is 0 Å². The smallest absolute Gasteiger partial charge is 0.249 e. The van der Waals surface area contributed by atoms with E-state index in [1.54, 1.807) is 12.1 Å². The van der Waals surface area contributed by atoms with Crippen molar-refractivity contribution in [3.05, 3.63) is 65.2 Å². The van der Waals surface area contributed by atoms with E-state index in [-0.39, 0.29) is 29.6 Å². The molecule has 6 nitrogen and oxygen atoms in total. The number of nitrogens with zero attached hydrogens (tertiary/aromatic N) is 2. The first-order valence-corrected chi connectivity index (χ1v) is 11.9. The van der Waals surface area contributed by atoms with E-state index in [0.717, 1.165) is 18.4 Å². The summed E-state index contributed by atoms with van der Waals surface area (Å²) in [5.74, 6) is -0.240. The van der Waals surface area contributed by atoms with E-state index in [1.165, 1.54) is 16.9 Å². The van der Waals surface area contributed by atoms with Crippen molar-refractivity contribution in [1.29, 1.82) is 0 Å². The minimum atomic E-state index is -0.636. The van der Waals surface area contributed by atoms with Crippen LogP contribution in [-0.4, -0.2) is 28.1 Å². The van der Waals surface area contributed by atoms with E-state index in [2.05, 4.69) is 20.8 Å². The highest BCUT2D eigenvalue weighted by molar-refractivity contribution is 7.18. The molecule has 0 aliphatic heterocycles. The number of hydrogen-bond acceptors (Lipinski definition) is 5. The minimum Gasteiger partial charge on any atom is -0.344 e. The van der Waals surface area contributed by atoms with Gasteiger partial charge in [-0.1, -0.05) is 85.7 Å². The molecule has 1 fully saturated rings. The third-order valence-electron chi connectivity index (χ3n) is 5.87. The maximum atomic E-state index is 13.0. The summed E-state index contributed by atoms with van der Waals surface area (Å²) in [5, 5.41) is 15.7. The lowest BCUT2D eigenvalue weighted by Crippen LogP contribution is -2.48. The van der Waals surface area contributed by atoms with Crippen molar-refractivity contribution in [2.75, 3.05) is 5.32 Å². The first-order chi connectivity index (χ1) is 15.5. The second-order valence-electron chi connectivity index (χ2n) is 8.14. The molecule has 2 aromatic carbocycles. The average Bonchev–Trinajstić information content (AvgIpc) is 3.48. The molecule has 1 aromatic heterocycles. The molecule has 3 aromatic rings. The monoisotopic (exact) mass is 468 g/mol. The molecule has 2 N–H and O–H groups in total. The number of amides is 2. The molecule has 2 amide bonds. The zero-order valence-electron chi connectivity index (χ0n) is 17.9. The SMILES string of the molecule is CCC(C)C(NC(=O)C1C[C@H]1c1ccccc1)C(=O)Nc1nnc(-c2cccc(Cl)c2)s1. The van der Waals surface area contributed by atoms with Crippen LogP contribution in [0.2, 0.25) is 5.02 Å². The summed E-state index contributed by atoms with van der Waals surface area (Å²) < 4.78 is 0. The fraction of sp³-hybridized carbons (Fsp3) is 0.333. The molecular weight excluding hydrogens is 444 g/mol. The highest BCUT2D eigenvalue weighted by atomic mass is 35.5. The van der Waals surface area contributed by atoms with Crippen molar-refractivity contribution in [2.24, 2.45) is 11.8 Å². The Morgan fingerprint density at radius 1 is 1.16 bits per heavy atom. The Hall–Kier alpha value is -2.77. The predicted molar refractivity (Wildman–Crippen MR) is 128 cm³/mol. The number of benzene rings is 2. The molecule has 1 aliphatic rings. The molecule has 3 unspecified atom stereocenters. The van der Waals surface area contributed by atoms with E-state index in [9.17, 15) is 9.59 Å². The number of halogens is 1. The number of carbonyl (C=O) groups is 2. The maximum Gasteiger partial charge on any atom is 0.249 e. The van der Waals surface area contributed by atoms with Gasteiger partial charge in [0.25, 0.3) is 0 Å². The van der Waals surface area contributed by atoms with Gasteiger partial charge in [-0.05, 0) is 36.0 Å². The Balaban J connectivity index is 1.41. The van der Waals surface area contributed by atoms with Crippen molar-refractivity contribution in [3.8, 4) is 10.6 Å². The normalized spacial score (nSPS) is 19.1. The van der Waals surface area contributed by atoms with Crippen molar-refractivity contribution < 1.29 is 9.59 Å². The first kappa shape index (κ1) is 22.4. The van der Waals surface area contributed by atoms with Crippen molar-refractivity contribution in [3.63, 3.8) is 0 Å². The van der Waals surface area contributed by atoms with Crippen LogP contribution >= 0.6 is 22.9 Å². The minimum absolute atomic E-state index is 0.0202. The Morgan fingerprint density at radius 2 is 1.94 bits per heavy atom. The van der Waals surface area contributed by atoms with Gasteiger partial charge in [0.1, 0.15) is 11.0 Å². The van der Waals surface area contributed by atoms with Crippen LogP contribution < -0.4 is 10.6 Å². The van der Waals surface area contributed by atoms with Crippen LogP contribution in [-0.2, 0) is 9.59 Å². The van der Waals surface area contributed by atoms with Crippen LogP contribution in [0.25, 0.3) is 10.6 Å². The Kier molecular flexibility index (Phi) is 6.86. The lowest BCUT2D eigenvalue weighted by atomic mass is 9.98. The van der Waals surface area contributed by atoms with Gasteiger partial charge in [-0.25, -0.2) is 0 Å². The molecule has 1 saturated carbocycles. The lowest BCUT2D eigenvalue weighted by Gasteiger charge is -2.23. The van der Waals surface area contributed by atoms with Gasteiger partial charge >= 0.3 is 0 Å². The molecule has 0 bridgehead atoms. The van der Waals surface area contributed by atoms with E-state index in [1.807, 2.05) is 56.3 Å². The number of aromatic nitrogens is 2. The Bertz CT molecular complexity index is 1100. The zero-order valence-corrected chi connectivity index (χ0v) is 19.5. The molecule has 0 radical (unpaired) electrons. The van der Waals surface area contributed by atoms with Crippen LogP contribution in [0.4, 0.5) is 5.13 Å². The Morgan fingerprint density at radius 3 is 2.66 bits per heavy atom. The summed E-state index contributed by atoms with van der Waals surface area (Å²) in [7, 11) is 0. The molecule has 32 heavy (non-hydrogen) atoms. The highest BCUT2D eigenvalue weighted by Crippen LogP contribution is 2.47. The molecule has 0 spiro atoms. The van der Waals surface area contributed by atoms with Crippen LogP contribution in [0.3, 0.4) is 0 Å². The number of hydrogen-bond donors (Lipinski definition) is 2. The van der Waals surface area contributed by atoms with Gasteiger partial charge in [-0.2, -0.15) is 0 Å². The quantitative estimate of drug-likeness (QED) is 0.480. The number of anilines is 1. The summed E-state index contributed by atoms with van der Waals surface area (Å²) >= 11 is 7.32. The topological polar surface area (TPSA) is 84.0 Å². The van der Waals surface area contributed by atoms with Gasteiger partial charge in [0.05, 0.1) is 0 Å². The molecule has 0 saturated heterocycles. The van der Waals surface area contributed by atoms with E-state index in [4.69, 9.17) is 11.6 Å². The van der Waals surface area contributed by atoms with Crippen molar-refractivity contribution in [2.45, 2.75) is 38.6 Å². The lowest BCUT2D eigenvalue weighted by molar-refractivity contribution is -0.128. The Labute approximate surface area is 196 Å².